The quantitative estimate of drug-likeness (QED) is 0.414. The number of nitrogens with zero attached hydrogens (tertiary/aromatic N) is 2. The molecule has 2 N–H and O–H groups in total. The van der Waals surface area contributed by atoms with Crippen LogP contribution >= 0.6 is 0 Å². The van der Waals surface area contributed by atoms with Gasteiger partial charge >= 0.3 is 5.97 Å². The van der Waals surface area contributed by atoms with Crippen molar-refractivity contribution >= 4 is 36.1 Å². The van der Waals surface area contributed by atoms with Crippen molar-refractivity contribution in [1.82, 2.24) is 9.97 Å². The predicted octanol–water partition coefficient (Wildman–Crippen LogP) is 3.69. The third-order valence-electron chi connectivity index (χ3n) is 4.34. The second-order valence-corrected chi connectivity index (χ2v) is 12.3. The van der Waals surface area contributed by atoms with E-state index in [2.05, 4.69) is 29.6 Å². The molecule has 0 bridgehead atoms. The average molecular weight is 369 g/mol. The van der Waals surface area contributed by atoms with Gasteiger partial charge in [0, 0.05) is 34.1 Å². The lowest BCUT2D eigenvalue weighted by atomic mass is 10.0. The summed E-state index contributed by atoms with van der Waals surface area (Å²) in [6, 6.07) is 6.68. The minimum atomic E-state index is -1.86. The first-order valence-corrected chi connectivity index (χ1v) is 11.6. The van der Waals surface area contributed by atoms with Crippen LogP contribution in [-0.4, -0.2) is 34.0 Å². The number of nitro groups is 1. The molecule has 2 heterocycles. The van der Waals surface area contributed by atoms with Gasteiger partial charge in [-0.15, -0.1) is 0 Å². The fourth-order valence-corrected chi connectivity index (χ4v) is 4.53. The lowest BCUT2D eigenvalue weighted by Crippen LogP contribution is -2.39. The fraction of sp³-hybridized carbons (Fsp3) is 0.222. The van der Waals surface area contributed by atoms with Crippen molar-refractivity contribution in [3.63, 3.8) is 0 Å². The van der Waals surface area contributed by atoms with Crippen LogP contribution in [0.5, 0.6) is 0 Å². The summed E-state index contributed by atoms with van der Waals surface area (Å²) in [5.41, 5.74) is 2.79. The molecule has 134 valence electrons. The van der Waals surface area contributed by atoms with E-state index in [0.29, 0.717) is 22.2 Å². The van der Waals surface area contributed by atoms with Gasteiger partial charge in [-0.05, 0) is 18.6 Å². The van der Waals surface area contributed by atoms with E-state index in [0.717, 1.165) is 10.9 Å². The van der Waals surface area contributed by atoms with E-state index in [9.17, 15) is 20.0 Å². The smallest absolute Gasteiger partial charge is 0.337 e. The number of carboxylic acid groups (broad SMARTS) is 1. The molecule has 0 atom stereocenters. The Bertz CT molecular complexity index is 1050. The standard InChI is InChI=1S/C18H19N3O4Si/c1-10-5-6-11(8-14(10)21(24)25)15-13-7-12(18(22)23)9-19-16(13)20-17(15)26(2,3)4/h5-9H,1-4H3,(H,19,20)(H,22,23). The maximum absolute atomic E-state index is 11.4. The maximum atomic E-state index is 11.4. The molecule has 0 aliphatic rings. The highest BCUT2D eigenvalue weighted by Crippen LogP contribution is 2.32. The van der Waals surface area contributed by atoms with Crippen molar-refractivity contribution in [3.8, 4) is 11.1 Å². The van der Waals surface area contributed by atoms with Crippen LogP contribution in [0.3, 0.4) is 0 Å². The Morgan fingerprint density at radius 3 is 2.54 bits per heavy atom. The van der Waals surface area contributed by atoms with E-state index in [1.54, 1.807) is 25.1 Å². The van der Waals surface area contributed by atoms with Gasteiger partial charge < -0.3 is 10.1 Å². The van der Waals surface area contributed by atoms with E-state index in [1.807, 2.05) is 6.07 Å². The number of fused-ring (bicyclic) bond motifs is 1. The first-order valence-electron chi connectivity index (χ1n) is 8.10. The molecule has 0 aliphatic heterocycles. The molecule has 7 nitrogen and oxygen atoms in total. The van der Waals surface area contributed by atoms with Crippen molar-refractivity contribution in [2.24, 2.45) is 0 Å². The molecular formula is C18H19N3O4Si. The molecule has 26 heavy (non-hydrogen) atoms. The molecule has 0 saturated heterocycles. The van der Waals surface area contributed by atoms with E-state index in [1.165, 1.54) is 6.20 Å². The number of carbonyl (C=O) groups is 1. The summed E-state index contributed by atoms with van der Waals surface area (Å²) < 4.78 is 0. The Hall–Kier alpha value is -3.00. The maximum Gasteiger partial charge on any atom is 0.337 e. The second-order valence-electron chi connectivity index (χ2n) is 7.31. The molecular weight excluding hydrogens is 350 g/mol. The molecule has 1 aromatic carbocycles. The number of carboxylic acids is 1. The summed E-state index contributed by atoms with van der Waals surface area (Å²) in [5.74, 6) is -1.06. The number of nitrogens with one attached hydrogen (secondary N) is 1. The van der Waals surface area contributed by atoms with Gasteiger partial charge in [0.2, 0.25) is 0 Å². The van der Waals surface area contributed by atoms with Crippen LogP contribution < -0.4 is 5.32 Å². The fourth-order valence-electron chi connectivity index (χ4n) is 3.01. The number of aromatic nitrogens is 2. The van der Waals surface area contributed by atoms with Gasteiger partial charge in [0.25, 0.3) is 5.69 Å². The van der Waals surface area contributed by atoms with Crippen LogP contribution in [0, 0.1) is 17.0 Å². The first-order chi connectivity index (χ1) is 12.1. The van der Waals surface area contributed by atoms with Crippen LogP contribution in [0.25, 0.3) is 22.2 Å². The van der Waals surface area contributed by atoms with Crippen molar-refractivity contribution in [1.29, 1.82) is 0 Å². The summed E-state index contributed by atoms with van der Waals surface area (Å²) in [7, 11) is -1.86. The zero-order chi connectivity index (χ0) is 19.2. The number of nitro benzene ring substituents is 1. The number of hydrogen-bond donors (Lipinski definition) is 2. The topological polar surface area (TPSA) is 109 Å². The van der Waals surface area contributed by atoms with Crippen LogP contribution in [0.1, 0.15) is 15.9 Å². The third-order valence-corrected chi connectivity index (χ3v) is 6.22. The van der Waals surface area contributed by atoms with E-state index >= 15 is 0 Å². The molecule has 3 rings (SSSR count). The first kappa shape index (κ1) is 17.8. The highest BCUT2D eigenvalue weighted by molar-refractivity contribution is 6.89. The lowest BCUT2D eigenvalue weighted by Gasteiger charge is -2.17. The number of hydrogen-bond acceptors (Lipinski definition) is 4. The van der Waals surface area contributed by atoms with Gasteiger partial charge in [-0.1, -0.05) is 31.8 Å². The van der Waals surface area contributed by atoms with Crippen LogP contribution in [0.2, 0.25) is 19.6 Å². The largest absolute Gasteiger partial charge is 0.478 e. The Labute approximate surface area is 150 Å². The molecule has 2 aromatic heterocycles. The molecule has 3 aromatic rings. The minimum absolute atomic E-state index is 0.0423. The Morgan fingerprint density at radius 2 is 1.96 bits per heavy atom. The highest BCUT2D eigenvalue weighted by atomic mass is 28.3. The Morgan fingerprint density at radius 1 is 1.27 bits per heavy atom. The summed E-state index contributed by atoms with van der Waals surface area (Å²) in [6.07, 6.45) is 1.32. The van der Waals surface area contributed by atoms with Crippen molar-refractivity contribution in [2.75, 3.05) is 0 Å². The van der Waals surface area contributed by atoms with Crippen molar-refractivity contribution < 1.29 is 14.8 Å². The summed E-state index contributed by atoms with van der Waals surface area (Å²) in [4.78, 5) is 29.9. The van der Waals surface area contributed by atoms with E-state index in [4.69, 9.17) is 0 Å². The summed E-state index contributed by atoms with van der Waals surface area (Å²) in [6.45, 7) is 8.16. The molecule has 0 radical (unpaired) electrons. The minimum Gasteiger partial charge on any atom is -0.478 e. The third kappa shape index (κ3) is 2.99. The second kappa shape index (κ2) is 6.06. The normalized spacial score (nSPS) is 11.7. The highest BCUT2D eigenvalue weighted by Gasteiger charge is 2.27. The molecule has 0 amide bonds. The molecule has 0 unspecified atom stereocenters. The molecule has 8 heteroatoms. The molecule has 0 saturated carbocycles. The lowest BCUT2D eigenvalue weighted by molar-refractivity contribution is -0.385. The van der Waals surface area contributed by atoms with Gasteiger partial charge in [0.1, 0.15) is 5.65 Å². The van der Waals surface area contributed by atoms with Gasteiger partial charge in [0.05, 0.1) is 18.6 Å². The van der Waals surface area contributed by atoms with E-state index in [-0.39, 0.29) is 11.3 Å². The molecule has 0 aliphatic carbocycles. The van der Waals surface area contributed by atoms with Crippen molar-refractivity contribution in [3.05, 3.63) is 51.7 Å². The Kier molecular flexibility index (Phi) is 4.15. The Balaban J connectivity index is 2.39. The molecule has 0 fully saturated rings. The summed E-state index contributed by atoms with van der Waals surface area (Å²) >= 11 is 0. The number of aryl methyl sites for hydroxylation is 1. The zero-order valence-electron chi connectivity index (χ0n) is 15.0. The van der Waals surface area contributed by atoms with Crippen LogP contribution in [0.4, 0.5) is 5.69 Å². The van der Waals surface area contributed by atoms with Gasteiger partial charge in [-0.2, -0.15) is 0 Å². The number of pyridine rings is 1. The number of benzene rings is 1. The zero-order valence-corrected chi connectivity index (χ0v) is 16.0. The van der Waals surface area contributed by atoms with Crippen LogP contribution in [-0.2, 0) is 0 Å². The van der Waals surface area contributed by atoms with E-state index < -0.39 is 19.0 Å². The summed E-state index contributed by atoms with van der Waals surface area (Å²) in [5, 5.41) is 22.3. The molecule has 0 spiro atoms. The predicted molar refractivity (Wildman–Crippen MR) is 103 cm³/mol. The van der Waals surface area contributed by atoms with Gasteiger partial charge in [-0.3, -0.25) is 10.1 Å². The number of aromatic amines is 1. The number of rotatable bonds is 4. The number of aromatic carboxylic acids is 1. The van der Waals surface area contributed by atoms with Crippen molar-refractivity contribution in [2.45, 2.75) is 26.6 Å². The van der Waals surface area contributed by atoms with Crippen LogP contribution in [0.15, 0.2) is 30.5 Å². The monoisotopic (exact) mass is 369 g/mol. The SMILES string of the molecule is Cc1ccc(-c2c([Si](C)(C)C)[nH]c3ncc(C(=O)O)cc23)cc1[N+](=O)[O-]. The average Bonchev–Trinajstić information content (AvgIpc) is 2.94. The number of H-pyrrole nitrogens is 1. The van der Waals surface area contributed by atoms with Gasteiger partial charge in [0.15, 0.2) is 0 Å². The van der Waals surface area contributed by atoms with Gasteiger partial charge in [-0.25, -0.2) is 9.78 Å².